The summed E-state index contributed by atoms with van der Waals surface area (Å²) in [6, 6.07) is 53.0. The number of aliphatic hydroxyl groups is 1. The molecule has 8 rings (SSSR count). The van der Waals surface area contributed by atoms with Gasteiger partial charge in [-0.25, -0.2) is 0 Å². The summed E-state index contributed by atoms with van der Waals surface area (Å²) in [6.07, 6.45) is -4.35. The van der Waals surface area contributed by atoms with Gasteiger partial charge in [-0.05, 0) is 124 Å². The van der Waals surface area contributed by atoms with Gasteiger partial charge in [0.1, 0.15) is 5.75 Å². The summed E-state index contributed by atoms with van der Waals surface area (Å²) in [5.41, 5.74) is 4.12. The second-order valence-corrected chi connectivity index (χ2v) is 14.9. The highest BCUT2D eigenvalue weighted by molar-refractivity contribution is 5.96. The van der Waals surface area contributed by atoms with Gasteiger partial charge >= 0.3 is 12.4 Å². The highest BCUT2D eigenvalue weighted by Gasteiger charge is 2.39. The van der Waals surface area contributed by atoms with Crippen molar-refractivity contribution in [3.8, 4) is 5.75 Å². The van der Waals surface area contributed by atoms with Gasteiger partial charge in [0, 0.05) is 34.1 Å². The van der Waals surface area contributed by atoms with Crippen LogP contribution in [0.1, 0.15) is 38.9 Å². The summed E-state index contributed by atoms with van der Waals surface area (Å²) >= 11 is 0. The van der Waals surface area contributed by atoms with Crippen molar-refractivity contribution in [3.05, 3.63) is 221 Å². The maximum atomic E-state index is 14.9. The van der Waals surface area contributed by atoms with E-state index in [0.29, 0.717) is 16.9 Å². The van der Waals surface area contributed by atoms with E-state index in [2.05, 4.69) is 0 Å². The Morgan fingerprint density at radius 3 is 1.11 bits per heavy atom. The molecule has 0 aliphatic rings. The molecule has 0 heterocycles. The third-order valence-corrected chi connectivity index (χ3v) is 10.8. The van der Waals surface area contributed by atoms with Crippen LogP contribution in [0.25, 0.3) is 35.1 Å². The first kappa shape index (κ1) is 43.1. The molecule has 0 radical (unpaired) electrons. The number of benzene rings is 8. The van der Waals surface area contributed by atoms with E-state index >= 15 is 0 Å². The topological polar surface area (TPSA) is 35.9 Å². The maximum absolute atomic E-state index is 14.9. The zero-order valence-corrected chi connectivity index (χ0v) is 34.4. The Kier molecular flexibility index (Phi) is 12.4. The van der Waals surface area contributed by atoms with Crippen LogP contribution in [0, 0.1) is 0 Å². The molecule has 0 spiro atoms. The first-order chi connectivity index (χ1) is 30.9. The summed E-state index contributed by atoms with van der Waals surface area (Å²) in [7, 11) is 1.59. The minimum Gasteiger partial charge on any atom is -0.497 e. The maximum Gasteiger partial charge on any atom is 0.417 e. The van der Waals surface area contributed by atoms with Gasteiger partial charge in [-0.15, -0.1) is 0 Å². The number of alkyl halides is 6. The highest BCUT2D eigenvalue weighted by Crippen LogP contribution is 2.45. The number of rotatable bonds is 12. The molecule has 0 bridgehead atoms. The predicted molar refractivity (Wildman–Crippen MR) is 247 cm³/mol. The summed E-state index contributed by atoms with van der Waals surface area (Å²) in [6.45, 7) is -0.0963. The lowest BCUT2D eigenvalue weighted by atomic mass is 9.91. The molecule has 8 aromatic carbocycles. The largest absolute Gasteiger partial charge is 0.497 e. The van der Waals surface area contributed by atoms with Gasteiger partial charge in [-0.2, -0.15) is 26.3 Å². The van der Waals surface area contributed by atoms with Crippen LogP contribution >= 0.6 is 0 Å². The van der Waals surface area contributed by atoms with Crippen molar-refractivity contribution in [1.82, 2.24) is 0 Å². The monoisotopic (exact) mass is 862 g/mol. The second kappa shape index (κ2) is 18.4. The van der Waals surface area contributed by atoms with Gasteiger partial charge in [0.25, 0.3) is 0 Å². The molecule has 1 N–H and O–H groups in total. The van der Waals surface area contributed by atoms with Crippen LogP contribution in [0.4, 0.5) is 60.5 Å². The van der Waals surface area contributed by atoms with Crippen molar-refractivity contribution in [2.45, 2.75) is 19.0 Å². The highest BCUT2D eigenvalue weighted by atomic mass is 19.4. The number of halogens is 6. The molecule has 0 aliphatic carbocycles. The average molecular weight is 863 g/mol. The van der Waals surface area contributed by atoms with Crippen molar-refractivity contribution < 1.29 is 36.2 Å². The lowest BCUT2D eigenvalue weighted by Gasteiger charge is -2.25. The quantitative estimate of drug-likeness (QED) is 0.0980. The van der Waals surface area contributed by atoms with E-state index < -0.39 is 34.3 Å². The van der Waals surface area contributed by atoms with E-state index in [9.17, 15) is 31.4 Å². The standard InChI is InChI=1S/C54H40F6N2O2/c1-64-48-32-30-47(31-33-48)62(43-10-6-3-7-11-43)45-26-16-38(17-27-45)13-21-41-23-35-49-50(52(41)54(58,59)60)34-22-40(51(49)53(55,56)57)20-12-37-14-24-44(25-15-37)61(42-8-4-2-5-9-42)46-28-18-39(36-63)19-29-46/h2-35,63H,36H2,1H3/b20-12-,21-13-. The Hall–Kier alpha value is -7.56. The third kappa shape index (κ3) is 9.42. The van der Waals surface area contributed by atoms with Gasteiger partial charge in [-0.1, -0.05) is 121 Å². The molecule has 10 heteroatoms. The Bertz CT molecular complexity index is 2690. The molecule has 0 amide bonds. The first-order valence-corrected chi connectivity index (χ1v) is 20.3. The SMILES string of the molecule is COc1ccc(N(c2ccccc2)c2ccc(/C=C\c3ccc4c(C(F)(F)F)c(/C=C\c5ccc(N(c6ccccc6)c6ccc(CO)cc6)cc5)ccc4c3C(F)(F)F)cc2)cc1. The Morgan fingerprint density at radius 1 is 0.422 bits per heavy atom. The molecule has 8 aromatic rings. The smallest absolute Gasteiger partial charge is 0.417 e. The molecule has 0 unspecified atom stereocenters. The molecule has 0 aliphatic heterocycles. The van der Waals surface area contributed by atoms with Crippen molar-refractivity contribution in [2.24, 2.45) is 0 Å². The van der Waals surface area contributed by atoms with E-state index in [1.54, 1.807) is 31.4 Å². The lowest BCUT2D eigenvalue weighted by molar-refractivity contribution is -0.138. The van der Waals surface area contributed by atoms with E-state index in [1.807, 2.05) is 143 Å². The molecule has 0 aromatic heterocycles. The normalized spacial score (nSPS) is 12.0. The number of hydrogen-bond donors (Lipinski definition) is 1. The minimum atomic E-state index is -4.97. The van der Waals surface area contributed by atoms with Crippen LogP contribution in [0.15, 0.2) is 182 Å². The number of fused-ring (bicyclic) bond motifs is 1. The molecular weight excluding hydrogens is 823 g/mol. The van der Waals surface area contributed by atoms with Crippen LogP contribution in [0.3, 0.4) is 0 Å². The third-order valence-electron chi connectivity index (χ3n) is 10.8. The van der Waals surface area contributed by atoms with Crippen LogP contribution in [-0.2, 0) is 19.0 Å². The Labute approximate surface area is 366 Å². The van der Waals surface area contributed by atoms with E-state index in [-0.39, 0.29) is 17.7 Å². The first-order valence-electron chi connectivity index (χ1n) is 20.3. The number of ether oxygens (including phenoxy) is 1. The Balaban J connectivity index is 1.09. The molecule has 0 saturated heterocycles. The lowest BCUT2D eigenvalue weighted by Crippen LogP contribution is -2.12. The van der Waals surface area contributed by atoms with E-state index in [1.165, 1.54) is 24.3 Å². The molecule has 0 fully saturated rings. The molecule has 64 heavy (non-hydrogen) atoms. The van der Waals surface area contributed by atoms with Crippen molar-refractivity contribution in [2.75, 3.05) is 16.9 Å². The summed E-state index contributed by atoms with van der Waals surface area (Å²) < 4.78 is 94.7. The molecule has 0 saturated carbocycles. The van der Waals surface area contributed by atoms with Crippen LogP contribution in [0.2, 0.25) is 0 Å². The zero-order chi connectivity index (χ0) is 44.8. The number of aliphatic hydroxyl groups excluding tert-OH is 1. The molecule has 320 valence electrons. The second-order valence-electron chi connectivity index (χ2n) is 14.9. The minimum absolute atomic E-state index is 0.0963. The van der Waals surface area contributed by atoms with Crippen LogP contribution < -0.4 is 14.5 Å². The predicted octanol–water partition coefficient (Wildman–Crippen LogP) is 15.7. The molecule has 0 atom stereocenters. The van der Waals surface area contributed by atoms with Gasteiger partial charge in [0.15, 0.2) is 0 Å². The number of hydrogen-bond acceptors (Lipinski definition) is 4. The van der Waals surface area contributed by atoms with Crippen molar-refractivity contribution in [1.29, 1.82) is 0 Å². The van der Waals surface area contributed by atoms with Gasteiger partial charge in [0.05, 0.1) is 24.8 Å². The van der Waals surface area contributed by atoms with E-state index in [4.69, 9.17) is 4.74 Å². The number of para-hydroxylation sites is 2. The van der Waals surface area contributed by atoms with Crippen molar-refractivity contribution in [3.63, 3.8) is 0 Å². The van der Waals surface area contributed by atoms with Crippen LogP contribution in [0.5, 0.6) is 5.75 Å². The summed E-state index contributed by atoms with van der Waals surface area (Å²) in [4.78, 5) is 4.03. The molecule has 4 nitrogen and oxygen atoms in total. The van der Waals surface area contributed by atoms with Gasteiger partial charge in [0.2, 0.25) is 0 Å². The number of nitrogens with zero attached hydrogens (tertiary/aromatic N) is 2. The fraction of sp³-hybridized carbons (Fsp3) is 0.0741. The van der Waals surface area contributed by atoms with Crippen molar-refractivity contribution >= 4 is 69.2 Å². The fourth-order valence-corrected chi connectivity index (χ4v) is 7.72. The fourth-order valence-electron chi connectivity index (χ4n) is 7.72. The zero-order valence-electron chi connectivity index (χ0n) is 34.4. The van der Waals surface area contributed by atoms with Gasteiger partial charge < -0.3 is 19.6 Å². The van der Waals surface area contributed by atoms with E-state index in [0.717, 1.165) is 64.0 Å². The van der Waals surface area contributed by atoms with Crippen LogP contribution in [-0.4, -0.2) is 12.2 Å². The Morgan fingerprint density at radius 2 is 0.766 bits per heavy atom. The number of anilines is 6. The van der Waals surface area contributed by atoms with Gasteiger partial charge in [-0.3, -0.25) is 0 Å². The summed E-state index contributed by atoms with van der Waals surface area (Å²) in [5.74, 6) is 0.699. The number of methoxy groups -OCH3 is 1. The summed E-state index contributed by atoms with van der Waals surface area (Å²) in [5, 5.41) is 8.43. The average Bonchev–Trinajstić information content (AvgIpc) is 3.31. The molecular formula is C54H40F6N2O2.